The second-order valence-electron chi connectivity index (χ2n) is 3.49. The maximum atomic E-state index is 9.99. The summed E-state index contributed by atoms with van der Waals surface area (Å²) in [4.78, 5) is 0. The Bertz CT molecular complexity index is 382. The number of methoxy groups -OCH3 is 2. The fraction of sp³-hybridized carbons (Fsp3) is 0.455. The lowest BCUT2D eigenvalue weighted by atomic mass is 9.98. The molecular weight excluding hydrogens is 274 g/mol. The fourth-order valence-electron chi connectivity index (χ4n) is 1.56. The Morgan fingerprint density at radius 2 is 2.06 bits per heavy atom. The molecule has 4 nitrogen and oxygen atoms in total. The lowest BCUT2D eigenvalue weighted by Gasteiger charge is -2.19. The van der Waals surface area contributed by atoms with Crippen molar-refractivity contribution in [3.63, 3.8) is 0 Å². The normalized spacial score (nSPS) is 12.3. The number of rotatable bonds is 4. The van der Waals surface area contributed by atoms with Gasteiger partial charge in [-0.25, -0.2) is 0 Å². The van der Waals surface area contributed by atoms with Gasteiger partial charge in [-0.2, -0.15) is 0 Å². The zero-order valence-corrected chi connectivity index (χ0v) is 11.2. The van der Waals surface area contributed by atoms with Gasteiger partial charge >= 0.3 is 0 Å². The Morgan fingerprint density at radius 3 is 2.50 bits per heavy atom. The second-order valence-corrected chi connectivity index (χ2v) is 4.35. The van der Waals surface area contributed by atoms with Crippen molar-refractivity contribution in [1.29, 1.82) is 0 Å². The van der Waals surface area contributed by atoms with Gasteiger partial charge in [0.25, 0.3) is 0 Å². The van der Waals surface area contributed by atoms with E-state index in [4.69, 9.17) is 15.2 Å². The maximum Gasteiger partial charge on any atom is 0.167 e. The van der Waals surface area contributed by atoms with E-state index in [-0.39, 0.29) is 11.7 Å². The molecular formula is C11H16BrNO3. The number of hydrogen-bond donors (Lipinski definition) is 2. The number of halogens is 1. The van der Waals surface area contributed by atoms with Crippen LogP contribution >= 0.6 is 15.9 Å². The summed E-state index contributed by atoms with van der Waals surface area (Å²) in [6, 6.07) is 1.67. The molecule has 0 aliphatic rings. The standard InChI is InChI=1S/C11H16BrNO3/c1-6(5-13)9-10(14)7(12)4-8(15-2)11(9)16-3/h4,6,14H,5,13H2,1-3H3. The van der Waals surface area contributed by atoms with E-state index in [1.807, 2.05) is 6.92 Å². The average Bonchev–Trinajstić information content (AvgIpc) is 2.30. The van der Waals surface area contributed by atoms with Gasteiger partial charge in [0.2, 0.25) is 0 Å². The highest BCUT2D eigenvalue weighted by atomic mass is 79.9. The Labute approximate surface area is 103 Å². The molecule has 0 radical (unpaired) electrons. The van der Waals surface area contributed by atoms with Crippen molar-refractivity contribution in [2.75, 3.05) is 20.8 Å². The summed E-state index contributed by atoms with van der Waals surface area (Å²) in [5.74, 6) is 1.24. The van der Waals surface area contributed by atoms with Gasteiger partial charge in [0.15, 0.2) is 11.5 Å². The smallest absolute Gasteiger partial charge is 0.167 e. The largest absolute Gasteiger partial charge is 0.506 e. The molecule has 0 saturated heterocycles. The molecule has 1 atom stereocenters. The Hall–Kier alpha value is -0.940. The fourth-order valence-corrected chi connectivity index (χ4v) is 1.98. The van der Waals surface area contributed by atoms with Gasteiger partial charge in [0.05, 0.1) is 18.7 Å². The topological polar surface area (TPSA) is 64.7 Å². The third-order valence-electron chi connectivity index (χ3n) is 2.48. The van der Waals surface area contributed by atoms with Crippen LogP contribution in [0.2, 0.25) is 0 Å². The second kappa shape index (κ2) is 5.41. The molecule has 0 aromatic heterocycles. The predicted octanol–water partition coefficient (Wildman–Crippen LogP) is 2.23. The molecule has 1 rings (SSSR count). The van der Waals surface area contributed by atoms with Gasteiger partial charge in [-0.05, 0) is 22.5 Å². The first-order chi connectivity index (χ1) is 7.56. The number of phenolic OH excluding ortho intramolecular Hbond substituents is 1. The number of nitrogens with two attached hydrogens (primary N) is 1. The zero-order valence-electron chi connectivity index (χ0n) is 9.58. The average molecular weight is 290 g/mol. The van der Waals surface area contributed by atoms with Crippen molar-refractivity contribution in [2.45, 2.75) is 12.8 Å². The lowest BCUT2D eigenvalue weighted by molar-refractivity contribution is 0.344. The maximum absolute atomic E-state index is 9.99. The van der Waals surface area contributed by atoms with Crippen molar-refractivity contribution in [2.24, 2.45) is 5.73 Å². The summed E-state index contributed by atoms with van der Waals surface area (Å²) in [5.41, 5.74) is 6.28. The minimum atomic E-state index is -0.0126. The zero-order chi connectivity index (χ0) is 12.3. The number of phenols is 1. The molecule has 16 heavy (non-hydrogen) atoms. The molecule has 0 heterocycles. The third-order valence-corrected chi connectivity index (χ3v) is 3.08. The van der Waals surface area contributed by atoms with Crippen molar-refractivity contribution < 1.29 is 14.6 Å². The highest BCUT2D eigenvalue weighted by Gasteiger charge is 2.21. The molecule has 1 aromatic rings. The molecule has 1 aromatic carbocycles. The van der Waals surface area contributed by atoms with E-state index in [1.165, 1.54) is 7.11 Å². The van der Waals surface area contributed by atoms with Crippen LogP contribution in [0.1, 0.15) is 18.4 Å². The van der Waals surface area contributed by atoms with Crippen LogP contribution in [0.4, 0.5) is 0 Å². The van der Waals surface area contributed by atoms with Crippen LogP contribution in [0.15, 0.2) is 10.5 Å². The minimum Gasteiger partial charge on any atom is -0.506 e. The Morgan fingerprint density at radius 1 is 1.44 bits per heavy atom. The van der Waals surface area contributed by atoms with Crippen molar-refractivity contribution >= 4 is 15.9 Å². The molecule has 0 fully saturated rings. The highest BCUT2D eigenvalue weighted by molar-refractivity contribution is 9.10. The van der Waals surface area contributed by atoms with E-state index in [0.29, 0.717) is 28.1 Å². The minimum absolute atomic E-state index is 0.0126. The monoisotopic (exact) mass is 289 g/mol. The summed E-state index contributed by atoms with van der Waals surface area (Å²) < 4.78 is 11.0. The summed E-state index contributed by atoms with van der Waals surface area (Å²) in [6.45, 7) is 2.34. The Balaban J connectivity index is 3.46. The van der Waals surface area contributed by atoms with Crippen molar-refractivity contribution in [3.8, 4) is 17.2 Å². The van der Waals surface area contributed by atoms with E-state index in [2.05, 4.69) is 15.9 Å². The van der Waals surface area contributed by atoms with Gasteiger partial charge in [0, 0.05) is 17.5 Å². The molecule has 90 valence electrons. The molecule has 0 bridgehead atoms. The molecule has 3 N–H and O–H groups in total. The van der Waals surface area contributed by atoms with Crippen molar-refractivity contribution in [1.82, 2.24) is 0 Å². The van der Waals surface area contributed by atoms with Gasteiger partial charge < -0.3 is 20.3 Å². The van der Waals surface area contributed by atoms with E-state index < -0.39 is 0 Å². The number of hydrogen-bond acceptors (Lipinski definition) is 4. The summed E-state index contributed by atoms with van der Waals surface area (Å²) >= 11 is 3.27. The quantitative estimate of drug-likeness (QED) is 0.892. The van der Waals surface area contributed by atoms with Crippen LogP contribution in [0.5, 0.6) is 17.2 Å². The third kappa shape index (κ3) is 2.25. The first kappa shape index (κ1) is 13.1. The van der Waals surface area contributed by atoms with E-state index in [0.717, 1.165) is 0 Å². The molecule has 0 aliphatic heterocycles. The van der Waals surface area contributed by atoms with Crippen molar-refractivity contribution in [3.05, 3.63) is 16.1 Å². The summed E-state index contributed by atoms with van der Waals surface area (Å²) in [6.07, 6.45) is 0. The van der Waals surface area contributed by atoms with Crippen LogP contribution in [0.3, 0.4) is 0 Å². The predicted molar refractivity (Wildman–Crippen MR) is 66.4 cm³/mol. The van der Waals surface area contributed by atoms with E-state index in [1.54, 1.807) is 13.2 Å². The van der Waals surface area contributed by atoms with Gasteiger partial charge in [0.1, 0.15) is 5.75 Å². The molecule has 0 saturated carbocycles. The summed E-state index contributed by atoms with van der Waals surface area (Å²) in [5, 5.41) is 9.99. The summed E-state index contributed by atoms with van der Waals surface area (Å²) in [7, 11) is 3.09. The molecule has 5 heteroatoms. The molecule has 0 spiro atoms. The highest BCUT2D eigenvalue weighted by Crippen LogP contribution is 2.45. The van der Waals surface area contributed by atoms with Crippen LogP contribution < -0.4 is 15.2 Å². The van der Waals surface area contributed by atoms with E-state index in [9.17, 15) is 5.11 Å². The van der Waals surface area contributed by atoms with Crippen LogP contribution in [0.25, 0.3) is 0 Å². The number of benzene rings is 1. The first-order valence-corrected chi connectivity index (χ1v) is 5.69. The number of ether oxygens (including phenoxy) is 2. The first-order valence-electron chi connectivity index (χ1n) is 4.90. The van der Waals surface area contributed by atoms with Gasteiger partial charge in [-0.3, -0.25) is 0 Å². The lowest BCUT2D eigenvalue weighted by Crippen LogP contribution is -2.11. The van der Waals surface area contributed by atoms with Gasteiger partial charge in [-0.1, -0.05) is 6.92 Å². The number of aromatic hydroxyl groups is 1. The van der Waals surface area contributed by atoms with E-state index >= 15 is 0 Å². The van der Waals surface area contributed by atoms with Crippen LogP contribution in [-0.4, -0.2) is 25.9 Å². The Kier molecular flexibility index (Phi) is 4.44. The van der Waals surface area contributed by atoms with Gasteiger partial charge in [-0.15, -0.1) is 0 Å². The SMILES string of the molecule is COc1cc(Br)c(O)c(C(C)CN)c1OC. The van der Waals surface area contributed by atoms with Crippen LogP contribution in [-0.2, 0) is 0 Å². The molecule has 0 aliphatic carbocycles. The molecule has 0 amide bonds. The molecule has 1 unspecified atom stereocenters. The van der Waals surface area contributed by atoms with Crippen LogP contribution in [0, 0.1) is 0 Å².